The zero-order chi connectivity index (χ0) is 19.7. The first-order valence-corrected chi connectivity index (χ1v) is 10.9. The Bertz CT molecular complexity index is 457. The fourth-order valence-electron chi connectivity index (χ4n) is 3.39. The quantitative estimate of drug-likeness (QED) is 0.369. The van der Waals surface area contributed by atoms with Crippen LogP contribution in [-0.2, 0) is 9.53 Å². The van der Waals surface area contributed by atoms with Gasteiger partial charge in [0, 0.05) is 25.4 Å². The highest BCUT2D eigenvalue weighted by Crippen LogP contribution is 2.17. The second-order valence-electron chi connectivity index (χ2n) is 7.83. The molecule has 5 heteroatoms. The lowest BCUT2D eigenvalue weighted by molar-refractivity contribution is -0.117. The van der Waals surface area contributed by atoms with E-state index in [1.165, 1.54) is 44.9 Å². The lowest BCUT2D eigenvalue weighted by atomic mass is 9.98. The summed E-state index contributed by atoms with van der Waals surface area (Å²) < 4.78 is 5.48. The minimum absolute atomic E-state index is 0.158. The van der Waals surface area contributed by atoms with Gasteiger partial charge in [-0.2, -0.15) is 5.26 Å². The van der Waals surface area contributed by atoms with Gasteiger partial charge in [-0.1, -0.05) is 57.8 Å². The van der Waals surface area contributed by atoms with Crippen molar-refractivity contribution in [3.63, 3.8) is 0 Å². The number of hydrogen-bond acceptors (Lipinski definition) is 4. The van der Waals surface area contributed by atoms with Gasteiger partial charge in [-0.15, -0.1) is 0 Å². The Morgan fingerprint density at radius 3 is 2.15 bits per heavy atom. The molecular weight excluding hydrogens is 338 g/mol. The Morgan fingerprint density at radius 2 is 1.63 bits per heavy atom. The van der Waals surface area contributed by atoms with Crippen molar-refractivity contribution >= 4 is 5.91 Å². The molecule has 1 saturated carbocycles. The van der Waals surface area contributed by atoms with Gasteiger partial charge in [0.1, 0.15) is 11.6 Å². The molecule has 0 aromatic heterocycles. The van der Waals surface area contributed by atoms with Crippen LogP contribution in [0.15, 0.2) is 11.8 Å². The van der Waals surface area contributed by atoms with Crippen LogP contribution in [0.4, 0.5) is 0 Å². The van der Waals surface area contributed by atoms with Crippen molar-refractivity contribution in [2.75, 3.05) is 13.2 Å². The minimum atomic E-state index is -0.250. The summed E-state index contributed by atoms with van der Waals surface area (Å²) in [6, 6.07) is 2.21. The summed E-state index contributed by atoms with van der Waals surface area (Å²) in [7, 11) is 0. The van der Waals surface area contributed by atoms with Crippen molar-refractivity contribution in [3.05, 3.63) is 11.8 Å². The fourth-order valence-corrected chi connectivity index (χ4v) is 3.39. The van der Waals surface area contributed by atoms with Crippen LogP contribution < -0.4 is 10.6 Å². The predicted octanol–water partition coefficient (Wildman–Crippen LogP) is 4.59. The second kappa shape index (κ2) is 15.5. The molecule has 0 saturated heterocycles. The molecule has 1 fully saturated rings. The molecule has 1 aliphatic carbocycles. The zero-order valence-electron chi connectivity index (χ0n) is 17.4. The van der Waals surface area contributed by atoms with Crippen molar-refractivity contribution in [3.8, 4) is 6.07 Å². The molecule has 0 unspecified atom stereocenters. The number of carbonyl (C=O) groups is 1. The molecule has 1 amide bonds. The van der Waals surface area contributed by atoms with E-state index < -0.39 is 0 Å². The Labute approximate surface area is 165 Å². The molecule has 0 radical (unpaired) electrons. The molecule has 1 aliphatic rings. The van der Waals surface area contributed by atoms with Crippen molar-refractivity contribution in [1.82, 2.24) is 10.6 Å². The number of hydrogen-bond donors (Lipinski definition) is 2. The highest BCUT2D eigenvalue weighted by atomic mass is 16.5. The van der Waals surface area contributed by atoms with Gasteiger partial charge in [0.15, 0.2) is 0 Å². The molecule has 0 spiro atoms. The molecule has 1 rings (SSSR count). The number of rotatable bonds is 8. The maximum atomic E-state index is 12.5. The molecule has 27 heavy (non-hydrogen) atoms. The van der Waals surface area contributed by atoms with E-state index in [9.17, 15) is 10.1 Å². The van der Waals surface area contributed by atoms with E-state index in [4.69, 9.17) is 4.74 Å². The molecule has 5 nitrogen and oxygen atoms in total. The third kappa shape index (κ3) is 12.5. The van der Waals surface area contributed by atoms with E-state index >= 15 is 0 Å². The topological polar surface area (TPSA) is 74.1 Å². The van der Waals surface area contributed by atoms with Gasteiger partial charge in [0.25, 0.3) is 5.91 Å². The summed E-state index contributed by atoms with van der Waals surface area (Å²) in [5.74, 6) is -0.250. The fraction of sp³-hybridized carbons (Fsp3) is 0.818. The zero-order valence-corrected chi connectivity index (χ0v) is 17.4. The van der Waals surface area contributed by atoms with Gasteiger partial charge >= 0.3 is 0 Å². The number of ether oxygens (including phenoxy) is 1. The molecule has 0 aromatic rings. The van der Waals surface area contributed by atoms with Gasteiger partial charge in [-0.3, -0.25) is 4.79 Å². The number of nitrogens with zero attached hydrogens (tertiary/aromatic N) is 1. The van der Waals surface area contributed by atoms with Crippen molar-refractivity contribution < 1.29 is 9.53 Å². The first kappa shape index (κ1) is 23.5. The van der Waals surface area contributed by atoms with E-state index in [-0.39, 0.29) is 23.6 Å². The number of nitriles is 1. The first-order chi connectivity index (χ1) is 13.1. The van der Waals surface area contributed by atoms with E-state index in [1.54, 1.807) is 6.20 Å². The van der Waals surface area contributed by atoms with Gasteiger partial charge < -0.3 is 15.4 Å². The summed E-state index contributed by atoms with van der Waals surface area (Å²) in [5, 5.41) is 15.5. The highest BCUT2D eigenvalue weighted by molar-refractivity contribution is 5.97. The van der Waals surface area contributed by atoms with E-state index in [0.29, 0.717) is 13.2 Å². The van der Waals surface area contributed by atoms with Crippen LogP contribution in [0.5, 0.6) is 0 Å². The average Bonchev–Trinajstić information content (AvgIpc) is 2.63. The number of nitrogens with one attached hydrogen (secondary N) is 2. The van der Waals surface area contributed by atoms with Gasteiger partial charge in [0.05, 0.1) is 6.10 Å². The third-order valence-electron chi connectivity index (χ3n) is 4.97. The van der Waals surface area contributed by atoms with Crippen LogP contribution in [0.2, 0.25) is 0 Å². The van der Waals surface area contributed by atoms with Crippen LogP contribution in [0.3, 0.4) is 0 Å². The molecular formula is C22H39N3O2. The monoisotopic (exact) mass is 377 g/mol. The number of carbonyl (C=O) groups excluding carboxylic acids is 1. The summed E-state index contributed by atoms with van der Waals surface area (Å²) in [5.41, 5.74) is 0.158. The molecule has 154 valence electrons. The van der Waals surface area contributed by atoms with E-state index in [2.05, 4.69) is 10.6 Å². The smallest absolute Gasteiger partial charge is 0.263 e. The lowest BCUT2D eigenvalue weighted by Gasteiger charge is -2.19. The Hall–Kier alpha value is -1.54. The summed E-state index contributed by atoms with van der Waals surface area (Å²) in [4.78, 5) is 12.5. The van der Waals surface area contributed by atoms with Crippen LogP contribution in [-0.4, -0.2) is 31.2 Å². The van der Waals surface area contributed by atoms with E-state index in [0.717, 1.165) is 32.1 Å². The largest absolute Gasteiger partial charge is 0.390 e. The first-order valence-electron chi connectivity index (χ1n) is 10.9. The van der Waals surface area contributed by atoms with Gasteiger partial charge in [-0.25, -0.2) is 0 Å². The minimum Gasteiger partial charge on any atom is -0.390 e. The maximum absolute atomic E-state index is 12.5. The summed E-state index contributed by atoms with van der Waals surface area (Å²) in [6.45, 7) is 5.38. The molecule has 0 aromatic carbocycles. The third-order valence-corrected chi connectivity index (χ3v) is 4.97. The van der Waals surface area contributed by atoms with Crippen LogP contribution in [0, 0.1) is 11.3 Å². The second-order valence-corrected chi connectivity index (χ2v) is 7.83. The number of amides is 1. The standard InChI is InChI=1S/C22H39N3O2/c1-19(2)27-16-12-15-24-18-20(17-23)22(26)25-21-13-10-8-6-4-3-5-7-9-11-14-21/h18-19,21,24H,3-16H2,1-2H3,(H,25,26)/b20-18-. The molecule has 0 heterocycles. The highest BCUT2D eigenvalue weighted by Gasteiger charge is 2.15. The van der Waals surface area contributed by atoms with Crippen molar-refractivity contribution in [2.45, 2.75) is 103 Å². The van der Waals surface area contributed by atoms with Crippen LogP contribution in [0.1, 0.15) is 90.9 Å². The SMILES string of the molecule is CC(C)OCCCN/C=C(/C#N)C(=O)NC1CCCCCCCCCCC1. The normalized spacial score (nSPS) is 18.2. The molecule has 0 bridgehead atoms. The molecule has 0 aliphatic heterocycles. The van der Waals surface area contributed by atoms with Crippen molar-refractivity contribution in [1.29, 1.82) is 5.26 Å². The summed E-state index contributed by atoms with van der Waals surface area (Å²) in [6.07, 6.45) is 16.1. The Balaban J connectivity index is 2.40. The van der Waals surface area contributed by atoms with Crippen molar-refractivity contribution in [2.24, 2.45) is 0 Å². The summed E-state index contributed by atoms with van der Waals surface area (Å²) >= 11 is 0. The maximum Gasteiger partial charge on any atom is 0.263 e. The van der Waals surface area contributed by atoms with E-state index in [1.807, 2.05) is 19.9 Å². The Morgan fingerprint density at radius 1 is 1.07 bits per heavy atom. The van der Waals surface area contributed by atoms with Gasteiger partial charge in [-0.05, 0) is 33.1 Å². The van der Waals surface area contributed by atoms with Crippen LogP contribution >= 0.6 is 0 Å². The average molecular weight is 378 g/mol. The van der Waals surface area contributed by atoms with Crippen LogP contribution in [0.25, 0.3) is 0 Å². The van der Waals surface area contributed by atoms with Gasteiger partial charge in [0.2, 0.25) is 0 Å². The lowest BCUT2D eigenvalue weighted by Crippen LogP contribution is -2.36. The predicted molar refractivity (Wildman–Crippen MR) is 110 cm³/mol. The molecule has 2 N–H and O–H groups in total. The molecule has 0 atom stereocenters. The Kier molecular flexibility index (Phi) is 13.5.